The SMILES string of the molecule is COC(=O)c1ccc(C(=O)OC)c(SCC(=O)O)c1. The summed E-state index contributed by atoms with van der Waals surface area (Å²) in [6, 6.07) is 4.23. The van der Waals surface area contributed by atoms with Crippen molar-refractivity contribution in [2.45, 2.75) is 4.90 Å². The topological polar surface area (TPSA) is 89.9 Å². The molecule has 0 saturated heterocycles. The number of carboxylic acids is 1. The number of esters is 2. The van der Waals surface area contributed by atoms with Gasteiger partial charge in [0.25, 0.3) is 0 Å². The zero-order chi connectivity index (χ0) is 14.4. The third kappa shape index (κ3) is 3.99. The first-order chi connectivity index (χ1) is 8.99. The Kier molecular flexibility index (Phi) is 5.37. The fourth-order valence-electron chi connectivity index (χ4n) is 1.30. The van der Waals surface area contributed by atoms with Crippen LogP contribution in [0, 0.1) is 0 Å². The molecule has 0 aliphatic carbocycles. The summed E-state index contributed by atoms with van der Waals surface area (Å²) in [6.45, 7) is 0. The highest BCUT2D eigenvalue weighted by atomic mass is 32.2. The van der Waals surface area contributed by atoms with Crippen molar-refractivity contribution in [3.63, 3.8) is 0 Å². The van der Waals surface area contributed by atoms with Crippen LogP contribution in [0.4, 0.5) is 0 Å². The van der Waals surface area contributed by atoms with Gasteiger partial charge in [-0.3, -0.25) is 4.79 Å². The third-order valence-electron chi connectivity index (χ3n) is 2.16. The highest BCUT2D eigenvalue weighted by molar-refractivity contribution is 8.00. The van der Waals surface area contributed by atoms with Crippen molar-refractivity contribution in [1.29, 1.82) is 0 Å². The summed E-state index contributed by atoms with van der Waals surface area (Å²) < 4.78 is 9.16. The molecule has 19 heavy (non-hydrogen) atoms. The molecule has 0 heterocycles. The summed E-state index contributed by atoms with van der Waals surface area (Å²) in [5.74, 6) is -2.41. The highest BCUT2D eigenvalue weighted by Crippen LogP contribution is 2.25. The lowest BCUT2D eigenvalue weighted by atomic mass is 10.1. The fourth-order valence-corrected chi connectivity index (χ4v) is 2.10. The predicted octanol–water partition coefficient (Wildman–Crippen LogP) is 1.44. The molecule has 0 atom stereocenters. The van der Waals surface area contributed by atoms with E-state index in [0.717, 1.165) is 11.8 Å². The second kappa shape index (κ2) is 6.79. The van der Waals surface area contributed by atoms with Gasteiger partial charge in [-0.2, -0.15) is 0 Å². The van der Waals surface area contributed by atoms with Gasteiger partial charge in [0, 0.05) is 4.90 Å². The Labute approximate surface area is 113 Å². The van der Waals surface area contributed by atoms with Gasteiger partial charge in [-0.1, -0.05) is 0 Å². The summed E-state index contributed by atoms with van der Waals surface area (Å²) in [7, 11) is 2.46. The summed E-state index contributed by atoms with van der Waals surface area (Å²) in [5, 5.41) is 8.66. The molecule has 0 aromatic heterocycles. The minimum absolute atomic E-state index is 0.210. The summed E-state index contributed by atoms with van der Waals surface area (Å²) in [6.07, 6.45) is 0. The number of carbonyl (C=O) groups is 3. The second-order valence-corrected chi connectivity index (χ2v) is 4.39. The van der Waals surface area contributed by atoms with Gasteiger partial charge < -0.3 is 14.6 Å². The van der Waals surface area contributed by atoms with Crippen LogP contribution in [0.3, 0.4) is 0 Å². The predicted molar refractivity (Wildman–Crippen MR) is 67.5 cm³/mol. The molecule has 0 bridgehead atoms. The van der Waals surface area contributed by atoms with Gasteiger partial charge in [-0.15, -0.1) is 11.8 Å². The standard InChI is InChI=1S/C12H12O6S/c1-17-11(15)7-3-4-8(12(16)18-2)9(5-7)19-6-10(13)14/h3-5H,6H2,1-2H3,(H,13,14). The monoisotopic (exact) mass is 284 g/mol. The van der Waals surface area contributed by atoms with Crippen LogP contribution in [0.15, 0.2) is 23.1 Å². The van der Waals surface area contributed by atoms with Crippen LogP contribution in [0.5, 0.6) is 0 Å². The lowest BCUT2D eigenvalue weighted by Crippen LogP contribution is -2.08. The van der Waals surface area contributed by atoms with Crippen molar-refractivity contribution >= 4 is 29.7 Å². The largest absolute Gasteiger partial charge is 0.481 e. The number of ether oxygens (including phenoxy) is 2. The van der Waals surface area contributed by atoms with E-state index in [0.29, 0.717) is 4.90 Å². The smallest absolute Gasteiger partial charge is 0.338 e. The van der Waals surface area contributed by atoms with E-state index in [9.17, 15) is 14.4 Å². The van der Waals surface area contributed by atoms with Gasteiger partial charge in [0.05, 0.1) is 31.1 Å². The molecule has 1 aromatic rings. The Bertz CT molecular complexity index is 511. The maximum Gasteiger partial charge on any atom is 0.338 e. The number of benzene rings is 1. The van der Waals surface area contributed by atoms with Crippen LogP contribution in [0.25, 0.3) is 0 Å². The number of methoxy groups -OCH3 is 2. The van der Waals surface area contributed by atoms with E-state index in [-0.39, 0.29) is 16.9 Å². The average Bonchev–Trinajstić information content (AvgIpc) is 2.42. The molecule has 0 saturated carbocycles. The van der Waals surface area contributed by atoms with Crippen molar-refractivity contribution in [3.8, 4) is 0 Å². The molecular weight excluding hydrogens is 272 g/mol. The molecule has 1 N–H and O–H groups in total. The quantitative estimate of drug-likeness (QED) is 0.646. The molecule has 0 unspecified atom stereocenters. The van der Waals surface area contributed by atoms with Crippen LogP contribution in [-0.4, -0.2) is 43.0 Å². The summed E-state index contributed by atoms with van der Waals surface area (Å²) in [5.41, 5.74) is 0.449. The molecule has 6 nitrogen and oxygen atoms in total. The van der Waals surface area contributed by atoms with E-state index in [4.69, 9.17) is 5.11 Å². The van der Waals surface area contributed by atoms with Gasteiger partial charge in [0.2, 0.25) is 0 Å². The molecule has 102 valence electrons. The van der Waals surface area contributed by atoms with E-state index in [2.05, 4.69) is 9.47 Å². The number of hydrogen-bond donors (Lipinski definition) is 1. The average molecular weight is 284 g/mol. The first kappa shape index (κ1) is 15.0. The first-order valence-corrected chi connectivity index (χ1v) is 6.13. The van der Waals surface area contributed by atoms with Crippen molar-refractivity contribution in [2.75, 3.05) is 20.0 Å². The highest BCUT2D eigenvalue weighted by Gasteiger charge is 2.16. The zero-order valence-corrected chi connectivity index (χ0v) is 11.2. The number of hydrogen-bond acceptors (Lipinski definition) is 6. The van der Waals surface area contributed by atoms with E-state index >= 15 is 0 Å². The van der Waals surface area contributed by atoms with Crippen LogP contribution < -0.4 is 0 Å². The first-order valence-electron chi connectivity index (χ1n) is 5.15. The van der Waals surface area contributed by atoms with Gasteiger partial charge >= 0.3 is 17.9 Å². The number of carbonyl (C=O) groups excluding carboxylic acids is 2. The number of rotatable bonds is 5. The van der Waals surface area contributed by atoms with Crippen molar-refractivity contribution in [2.24, 2.45) is 0 Å². The van der Waals surface area contributed by atoms with Gasteiger partial charge in [0.1, 0.15) is 0 Å². The Morgan fingerprint density at radius 3 is 2.32 bits per heavy atom. The molecule has 7 heteroatoms. The van der Waals surface area contributed by atoms with Crippen molar-refractivity contribution in [3.05, 3.63) is 29.3 Å². The number of aliphatic carboxylic acids is 1. The Balaban J connectivity index is 3.13. The normalized spacial score (nSPS) is 9.79. The van der Waals surface area contributed by atoms with E-state index in [1.54, 1.807) is 0 Å². The molecule has 0 amide bonds. The maximum atomic E-state index is 11.5. The number of carboxylic acid groups (broad SMARTS) is 1. The maximum absolute atomic E-state index is 11.5. The molecule has 0 aliphatic heterocycles. The lowest BCUT2D eigenvalue weighted by Gasteiger charge is -2.08. The summed E-state index contributed by atoms with van der Waals surface area (Å²) >= 11 is 0.933. The minimum Gasteiger partial charge on any atom is -0.481 e. The van der Waals surface area contributed by atoms with Crippen molar-refractivity contribution in [1.82, 2.24) is 0 Å². The number of thioether (sulfide) groups is 1. The van der Waals surface area contributed by atoms with Gasteiger partial charge in [-0.05, 0) is 18.2 Å². The summed E-state index contributed by atoms with van der Waals surface area (Å²) in [4.78, 5) is 33.8. The van der Waals surface area contributed by atoms with E-state index in [1.165, 1.54) is 32.4 Å². The lowest BCUT2D eigenvalue weighted by molar-refractivity contribution is -0.133. The molecule has 0 fully saturated rings. The Hall–Kier alpha value is -2.02. The molecule has 1 aromatic carbocycles. The van der Waals surface area contributed by atoms with E-state index < -0.39 is 17.9 Å². The molecule has 0 spiro atoms. The van der Waals surface area contributed by atoms with E-state index in [1.807, 2.05) is 0 Å². The molecule has 0 aliphatic rings. The van der Waals surface area contributed by atoms with Gasteiger partial charge in [-0.25, -0.2) is 9.59 Å². The second-order valence-electron chi connectivity index (χ2n) is 3.38. The van der Waals surface area contributed by atoms with Crippen LogP contribution in [0.1, 0.15) is 20.7 Å². The molecule has 0 radical (unpaired) electrons. The Morgan fingerprint density at radius 2 is 1.79 bits per heavy atom. The van der Waals surface area contributed by atoms with Gasteiger partial charge in [0.15, 0.2) is 0 Å². The zero-order valence-electron chi connectivity index (χ0n) is 10.3. The van der Waals surface area contributed by atoms with Crippen LogP contribution >= 0.6 is 11.8 Å². The van der Waals surface area contributed by atoms with Crippen LogP contribution in [-0.2, 0) is 14.3 Å². The Morgan fingerprint density at radius 1 is 1.16 bits per heavy atom. The van der Waals surface area contributed by atoms with Crippen LogP contribution in [0.2, 0.25) is 0 Å². The third-order valence-corrected chi connectivity index (χ3v) is 3.20. The molecular formula is C12H12O6S. The minimum atomic E-state index is -1.02. The fraction of sp³-hybridized carbons (Fsp3) is 0.250. The van der Waals surface area contributed by atoms with Crippen molar-refractivity contribution < 1.29 is 29.0 Å². The molecule has 1 rings (SSSR count).